The molecular formula is C14H20I2O2. The Morgan fingerprint density at radius 2 is 1.22 bits per heavy atom. The SMILES string of the molecule is CCCCOc1cc(I)c(I)cc1OCCCC. The van der Waals surface area contributed by atoms with Crippen molar-refractivity contribution in [1.82, 2.24) is 0 Å². The normalized spacial score (nSPS) is 10.4. The Bertz CT molecular complexity index is 332. The first-order valence-electron chi connectivity index (χ1n) is 6.43. The Balaban J connectivity index is 2.73. The maximum absolute atomic E-state index is 5.81. The topological polar surface area (TPSA) is 18.5 Å². The van der Waals surface area contributed by atoms with Crippen molar-refractivity contribution in [3.8, 4) is 11.5 Å². The van der Waals surface area contributed by atoms with Gasteiger partial charge < -0.3 is 9.47 Å². The molecule has 0 N–H and O–H groups in total. The predicted molar refractivity (Wildman–Crippen MR) is 92.7 cm³/mol. The first-order valence-corrected chi connectivity index (χ1v) is 8.59. The minimum Gasteiger partial charge on any atom is -0.490 e. The van der Waals surface area contributed by atoms with E-state index in [1.807, 2.05) is 0 Å². The molecule has 0 unspecified atom stereocenters. The minimum atomic E-state index is 0.761. The van der Waals surface area contributed by atoms with Crippen LogP contribution in [-0.2, 0) is 0 Å². The van der Waals surface area contributed by atoms with E-state index in [1.165, 1.54) is 7.14 Å². The van der Waals surface area contributed by atoms with Crippen molar-refractivity contribution in [2.75, 3.05) is 13.2 Å². The summed E-state index contributed by atoms with van der Waals surface area (Å²) in [4.78, 5) is 0. The summed E-state index contributed by atoms with van der Waals surface area (Å²) in [5.41, 5.74) is 0. The monoisotopic (exact) mass is 474 g/mol. The summed E-state index contributed by atoms with van der Waals surface area (Å²) >= 11 is 4.66. The van der Waals surface area contributed by atoms with Crippen LogP contribution in [0.4, 0.5) is 0 Å². The molecule has 0 saturated heterocycles. The fourth-order valence-corrected chi connectivity index (χ4v) is 2.27. The summed E-state index contributed by atoms with van der Waals surface area (Å²) in [5, 5.41) is 0. The lowest BCUT2D eigenvalue weighted by molar-refractivity contribution is 0.261. The van der Waals surface area contributed by atoms with Gasteiger partial charge >= 0.3 is 0 Å². The molecule has 102 valence electrons. The standard InChI is InChI=1S/C14H20I2O2/c1-3-5-7-17-13-9-11(15)12(16)10-14(13)18-8-6-4-2/h9-10H,3-8H2,1-2H3. The molecule has 18 heavy (non-hydrogen) atoms. The van der Waals surface area contributed by atoms with Gasteiger partial charge in [-0.3, -0.25) is 0 Å². The zero-order chi connectivity index (χ0) is 13.4. The molecule has 0 fully saturated rings. The first-order chi connectivity index (χ1) is 8.69. The van der Waals surface area contributed by atoms with Crippen LogP contribution in [0.15, 0.2) is 12.1 Å². The van der Waals surface area contributed by atoms with Crippen LogP contribution in [0.1, 0.15) is 39.5 Å². The molecule has 0 bridgehead atoms. The third kappa shape index (κ3) is 5.50. The zero-order valence-electron chi connectivity index (χ0n) is 11.0. The molecule has 1 aromatic carbocycles. The van der Waals surface area contributed by atoms with Gasteiger partial charge in [-0.2, -0.15) is 0 Å². The minimum absolute atomic E-state index is 0.761. The van der Waals surface area contributed by atoms with Crippen molar-refractivity contribution in [2.45, 2.75) is 39.5 Å². The van der Waals surface area contributed by atoms with E-state index in [4.69, 9.17) is 9.47 Å². The first kappa shape index (κ1) is 16.3. The molecule has 0 atom stereocenters. The van der Waals surface area contributed by atoms with E-state index in [1.54, 1.807) is 0 Å². The fraction of sp³-hybridized carbons (Fsp3) is 0.571. The lowest BCUT2D eigenvalue weighted by Gasteiger charge is -2.14. The van der Waals surface area contributed by atoms with Crippen molar-refractivity contribution in [3.63, 3.8) is 0 Å². The van der Waals surface area contributed by atoms with Crippen molar-refractivity contribution < 1.29 is 9.47 Å². The lowest BCUT2D eigenvalue weighted by atomic mass is 10.3. The second kappa shape index (κ2) is 9.23. The molecule has 0 aliphatic rings. The van der Waals surface area contributed by atoms with Gasteiger partial charge in [0.25, 0.3) is 0 Å². The molecule has 0 radical (unpaired) electrons. The summed E-state index contributed by atoms with van der Waals surface area (Å²) in [6, 6.07) is 4.14. The summed E-state index contributed by atoms with van der Waals surface area (Å²) in [5.74, 6) is 1.76. The van der Waals surface area contributed by atoms with Crippen molar-refractivity contribution in [2.24, 2.45) is 0 Å². The Morgan fingerprint density at radius 1 is 0.833 bits per heavy atom. The molecule has 1 rings (SSSR count). The van der Waals surface area contributed by atoms with Crippen LogP contribution in [0.5, 0.6) is 11.5 Å². The number of benzene rings is 1. The van der Waals surface area contributed by atoms with Crippen molar-refractivity contribution in [1.29, 1.82) is 0 Å². The second-order valence-electron chi connectivity index (χ2n) is 4.12. The highest BCUT2D eigenvalue weighted by Crippen LogP contribution is 2.32. The molecule has 4 heteroatoms. The largest absolute Gasteiger partial charge is 0.490 e. The predicted octanol–water partition coefficient (Wildman–Crippen LogP) is 5.25. The Hall–Kier alpha value is 0.280. The number of hydrogen-bond acceptors (Lipinski definition) is 2. The van der Waals surface area contributed by atoms with Gasteiger partial charge in [-0.25, -0.2) is 0 Å². The van der Waals surface area contributed by atoms with E-state index in [2.05, 4.69) is 71.2 Å². The maximum Gasteiger partial charge on any atom is 0.162 e. The average Bonchev–Trinajstić information content (AvgIpc) is 2.35. The number of unbranched alkanes of at least 4 members (excludes halogenated alkanes) is 2. The van der Waals surface area contributed by atoms with Gasteiger partial charge in [0, 0.05) is 7.14 Å². The van der Waals surface area contributed by atoms with Crippen LogP contribution in [0.3, 0.4) is 0 Å². The molecule has 2 nitrogen and oxygen atoms in total. The zero-order valence-corrected chi connectivity index (χ0v) is 15.3. The van der Waals surface area contributed by atoms with E-state index < -0.39 is 0 Å². The highest BCUT2D eigenvalue weighted by Gasteiger charge is 2.09. The summed E-state index contributed by atoms with van der Waals surface area (Å²) in [7, 11) is 0. The van der Waals surface area contributed by atoms with Crippen molar-refractivity contribution in [3.05, 3.63) is 19.3 Å². The molecule has 0 spiro atoms. The van der Waals surface area contributed by atoms with E-state index in [9.17, 15) is 0 Å². The van der Waals surface area contributed by atoms with Crippen LogP contribution < -0.4 is 9.47 Å². The molecule has 0 aliphatic carbocycles. The molecular weight excluding hydrogens is 454 g/mol. The smallest absolute Gasteiger partial charge is 0.162 e. The van der Waals surface area contributed by atoms with Gasteiger partial charge in [0.15, 0.2) is 11.5 Å². The average molecular weight is 474 g/mol. The van der Waals surface area contributed by atoms with Gasteiger partial charge in [0.1, 0.15) is 0 Å². The molecule has 0 heterocycles. The summed E-state index contributed by atoms with van der Waals surface area (Å²) in [6.07, 6.45) is 4.45. The van der Waals surface area contributed by atoms with Gasteiger partial charge in [0.05, 0.1) is 13.2 Å². The molecule has 0 aliphatic heterocycles. The van der Waals surface area contributed by atoms with Crippen LogP contribution in [-0.4, -0.2) is 13.2 Å². The van der Waals surface area contributed by atoms with Gasteiger partial charge in [-0.15, -0.1) is 0 Å². The van der Waals surface area contributed by atoms with Gasteiger partial charge in [-0.05, 0) is 70.2 Å². The van der Waals surface area contributed by atoms with Crippen LogP contribution >= 0.6 is 45.2 Å². The molecule has 0 saturated carbocycles. The third-order valence-corrected chi connectivity index (χ3v) is 5.31. The summed E-state index contributed by atoms with van der Waals surface area (Å²) in [6.45, 7) is 5.86. The Kier molecular flexibility index (Phi) is 8.37. The highest BCUT2D eigenvalue weighted by atomic mass is 127. The Labute approximate surface area is 137 Å². The van der Waals surface area contributed by atoms with E-state index in [0.29, 0.717) is 0 Å². The fourth-order valence-electron chi connectivity index (χ4n) is 1.39. The lowest BCUT2D eigenvalue weighted by Crippen LogP contribution is -2.03. The number of rotatable bonds is 8. The number of ether oxygens (including phenoxy) is 2. The molecule has 0 amide bonds. The van der Waals surface area contributed by atoms with E-state index in [-0.39, 0.29) is 0 Å². The number of hydrogen-bond donors (Lipinski definition) is 0. The highest BCUT2D eigenvalue weighted by molar-refractivity contribution is 14.1. The van der Waals surface area contributed by atoms with Crippen LogP contribution in [0.25, 0.3) is 0 Å². The summed E-state index contributed by atoms with van der Waals surface area (Å²) < 4.78 is 14.0. The maximum atomic E-state index is 5.81. The molecule has 1 aromatic rings. The number of halogens is 2. The quantitative estimate of drug-likeness (QED) is 0.379. The van der Waals surface area contributed by atoms with Crippen molar-refractivity contribution >= 4 is 45.2 Å². The van der Waals surface area contributed by atoms with Crippen LogP contribution in [0.2, 0.25) is 0 Å². The third-order valence-electron chi connectivity index (χ3n) is 2.50. The van der Waals surface area contributed by atoms with Gasteiger partial charge in [-0.1, -0.05) is 26.7 Å². The second-order valence-corrected chi connectivity index (χ2v) is 6.44. The van der Waals surface area contributed by atoms with Gasteiger partial charge in [0.2, 0.25) is 0 Å². The van der Waals surface area contributed by atoms with E-state index in [0.717, 1.165) is 50.4 Å². The molecule has 0 aromatic heterocycles. The van der Waals surface area contributed by atoms with Crippen LogP contribution in [0, 0.1) is 7.14 Å². The Morgan fingerprint density at radius 3 is 1.56 bits per heavy atom. The van der Waals surface area contributed by atoms with E-state index >= 15 is 0 Å².